The molecule has 1 heterocycles. The molecule has 3 amide bonds. The predicted octanol–water partition coefficient (Wildman–Crippen LogP) is 2.15. The second kappa shape index (κ2) is 6.04. The molecule has 1 aromatic rings. The van der Waals surface area contributed by atoms with Crippen molar-refractivity contribution >= 4 is 11.9 Å². The van der Waals surface area contributed by atoms with E-state index in [1.807, 2.05) is 18.9 Å². The minimum atomic E-state index is -0.854. The minimum absolute atomic E-state index is 0.144. The van der Waals surface area contributed by atoms with Gasteiger partial charge in [0, 0.05) is 24.7 Å². The van der Waals surface area contributed by atoms with Crippen LogP contribution in [0.25, 0.3) is 0 Å². The number of carbonyl (C=O) groups is 2. The Kier molecular flexibility index (Phi) is 4.51. The van der Waals surface area contributed by atoms with E-state index in [1.165, 1.54) is 11.0 Å². The van der Waals surface area contributed by atoms with Crippen LogP contribution in [0.3, 0.4) is 0 Å². The first-order chi connectivity index (χ1) is 10.2. The Hall–Kier alpha value is -1.95. The van der Waals surface area contributed by atoms with Gasteiger partial charge in [-0.3, -0.25) is 14.6 Å². The van der Waals surface area contributed by atoms with Crippen molar-refractivity contribution in [1.82, 2.24) is 15.1 Å². The predicted molar refractivity (Wildman–Crippen MR) is 81.8 cm³/mol. The number of nitrogens with one attached hydrogen (secondary N) is 1. The van der Waals surface area contributed by atoms with Crippen molar-refractivity contribution in [2.24, 2.45) is 0 Å². The van der Waals surface area contributed by atoms with Crippen molar-refractivity contribution in [1.29, 1.82) is 0 Å². The van der Waals surface area contributed by atoms with E-state index in [1.54, 1.807) is 32.0 Å². The van der Waals surface area contributed by atoms with Gasteiger partial charge in [-0.05, 0) is 33.9 Å². The fourth-order valence-corrected chi connectivity index (χ4v) is 2.52. The van der Waals surface area contributed by atoms with E-state index in [-0.39, 0.29) is 30.3 Å². The average Bonchev–Trinajstić information content (AvgIpc) is 2.65. The maximum atomic E-state index is 13.8. The van der Waals surface area contributed by atoms with Gasteiger partial charge in [0.05, 0.1) is 0 Å². The molecule has 0 bridgehead atoms. The van der Waals surface area contributed by atoms with Crippen molar-refractivity contribution < 1.29 is 14.0 Å². The van der Waals surface area contributed by atoms with E-state index >= 15 is 0 Å². The Morgan fingerprint density at radius 3 is 2.50 bits per heavy atom. The molecule has 2 rings (SSSR count). The highest BCUT2D eigenvalue weighted by atomic mass is 19.1. The van der Waals surface area contributed by atoms with Gasteiger partial charge in [0.25, 0.3) is 5.91 Å². The van der Waals surface area contributed by atoms with Crippen LogP contribution in [0.5, 0.6) is 0 Å². The third-order valence-corrected chi connectivity index (χ3v) is 4.14. The van der Waals surface area contributed by atoms with Crippen molar-refractivity contribution in [2.75, 3.05) is 20.1 Å². The van der Waals surface area contributed by atoms with Crippen molar-refractivity contribution in [3.63, 3.8) is 0 Å². The zero-order valence-electron chi connectivity index (χ0n) is 13.4. The van der Waals surface area contributed by atoms with E-state index in [2.05, 4.69) is 5.32 Å². The van der Waals surface area contributed by atoms with E-state index in [0.717, 1.165) is 0 Å². The molecule has 5 nitrogen and oxygen atoms in total. The van der Waals surface area contributed by atoms with Crippen molar-refractivity contribution in [3.05, 3.63) is 35.6 Å². The molecule has 0 aromatic heterocycles. The molecule has 1 aromatic carbocycles. The standard InChI is InChI=1S/C16H22FN3O2/c1-11(12-7-5-6-8-13(12)17)19(4)9-10-20-14(21)16(2,3)18-15(20)22/h5-8,11H,9-10H2,1-4H3,(H,18,22)/t11-/m0/s1. The van der Waals surface area contributed by atoms with Crippen LogP contribution in [0.4, 0.5) is 9.18 Å². The minimum Gasteiger partial charge on any atom is -0.324 e. The molecule has 0 spiro atoms. The highest BCUT2D eigenvalue weighted by Crippen LogP contribution is 2.22. The Morgan fingerprint density at radius 1 is 1.32 bits per heavy atom. The van der Waals surface area contributed by atoms with Gasteiger partial charge in [-0.25, -0.2) is 9.18 Å². The normalized spacial score (nSPS) is 18.7. The smallest absolute Gasteiger partial charge is 0.324 e. The van der Waals surface area contributed by atoms with Gasteiger partial charge in [0.2, 0.25) is 0 Å². The molecule has 0 aliphatic carbocycles. The van der Waals surface area contributed by atoms with Gasteiger partial charge in [0.1, 0.15) is 11.4 Å². The monoisotopic (exact) mass is 307 g/mol. The molecule has 120 valence electrons. The number of hydrogen-bond acceptors (Lipinski definition) is 3. The molecular formula is C16H22FN3O2. The molecule has 0 unspecified atom stereocenters. The van der Waals surface area contributed by atoms with Crippen LogP contribution in [-0.2, 0) is 4.79 Å². The molecular weight excluding hydrogens is 285 g/mol. The number of amides is 3. The highest BCUT2D eigenvalue weighted by Gasteiger charge is 2.43. The molecule has 1 atom stereocenters. The van der Waals surface area contributed by atoms with E-state index in [0.29, 0.717) is 12.1 Å². The first-order valence-electron chi connectivity index (χ1n) is 7.33. The maximum absolute atomic E-state index is 13.8. The Morgan fingerprint density at radius 2 is 1.95 bits per heavy atom. The molecule has 22 heavy (non-hydrogen) atoms. The van der Waals surface area contributed by atoms with E-state index in [9.17, 15) is 14.0 Å². The molecule has 1 saturated heterocycles. The molecule has 1 fully saturated rings. The number of halogens is 1. The number of hydrogen-bond donors (Lipinski definition) is 1. The lowest BCUT2D eigenvalue weighted by Crippen LogP contribution is -2.41. The summed E-state index contributed by atoms with van der Waals surface area (Å²) in [6.07, 6.45) is 0. The topological polar surface area (TPSA) is 52.6 Å². The number of carbonyl (C=O) groups excluding carboxylic acids is 2. The fourth-order valence-electron chi connectivity index (χ4n) is 2.52. The molecule has 1 N–H and O–H groups in total. The van der Waals surface area contributed by atoms with Gasteiger partial charge in [-0.2, -0.15) is 0 Å². The summed E-state index contributed by atoms with van der Waals surface area (Å²) in [6, 6.07) is 6.10. The summed E-state index contributed by atoms with van der Waals surface area (Å²) >= 11 is 0. The van der Waals surface area contributed by atoms with Gasteiger partial charge in [-0.15, -0.1) is 0 Å². The van der Waals surface area contributed by atoms with Crippen LogP contribution < -0.4 is 5.32 Å². The molecule has 1 aliphatic rings. The first kappa shape index (κ1) is 16.4. The summed E-state index contributed by atoms with van der Waals surface area (Å²) in [6.45, 7) is 6.01. The average molecular weight is 307 g/mol. The number of likely N-dealkylation sites (N-methyl/N-ethyl adjacent to an activating group) is 1. The summed E-state index contributed by atoms with van der Waals surface area (Å²) in [5, 5.41) is 2.65. The number of imide groups is 1. The van der Waals surface area contributed by atoms with Crippen LogP contribution in [0.1, 0.15) is 32.4 Å². The van der Waals surface area contributed by atoms with Crippen molar-refractivity contribution in [3.8, 4) is 0 Å². The van der Waals surface area contributed by atoms with E-state index in [4.69, 9.17) is 0 Å². The largest absolute Gasteiger partial charge is 0.325 e. The summed E-state index contributed by atoms with van der Waals surface area (Å²) in [5.74, 6) is -0.484. The van der Waals surface area contributed by atoms with Crippen LogP contribution >= 0.6 is 0 Å². The van der Waals surface area contributed by atoms with Crippen LogP contribution in [0.15, 0.2) is 24.3 Å². The first-order valence-corrected chi connectivity index (χ1v) is 7.33. The third kappa shape index (κ3) is 3.11. The lowest BCUT2D eigenvalue weighted by atomic mass is 10.1. The lowest BCUT2D eigenvalue weighted by molar-refractivity contribution is -0.130. The number of nitrogens with zero attached hydrogens (tertiary/aromatic N) is 2. The number of rotatable bonds is 5. The molecule has 0 radical (unpaired) electrons. The van der Waals surface area contributed by atoms with Gasteiger partial charge < -0.3 is 5.32 Å². The maximum Gasteiger partial charge on any atom is 0.325 e. The Bertz CT molecular complexity index is 589. The van der Waals surface area contributed by atoms with Crippen molar-refractivity contribution in [2.45, 2.75) is 32.4 Å². The van der Waals surface area contributed by atoms with Crippen LogP contribution in [-0.4, -0.2) is 47.4 Å². The molecule has 1 aliphatic heterocycles. The molecule has 6 heteroatoms. The van der Waals surface area contributed by atoms with Gasteiger partial charge in [-0.1, -0.05) is 18.2 Å². The second-order valence-corrected chi connectivity index (χ2v) is 6.19. The lowest BCUT2D eigenvalue weighted by Gasteiger charge is -2.27. The SMILES string of the molecule is C[C@@H](c1ccccc1F)N(C)CCN1C(=O)NC(C)(C)C1=O. The molecule has 0 saturated carbocycles. The summed E-state index contributed by atoms with van der Waals surface area (Å²) < 4.78 is 13.8. The summed E-state index contributed by atoms with van der Waals surface area (Å²) in [7, 11) is 1.85. The zero-order chi connectivity index (χ0) is 16.5. The van der Waals surface area contributed by atoms with Gasteiger partial charge in [0.15, 0.2) is 0 Å². The third-order valence-electron chi connectivity index (χ3n) is 4.14. The highest BCUT2D eigenvalue weighted by molar-refractivity contribution is 6.06. The summed E-state index contributed by atoms with van der Waals surface area (Å²) in [4.78, 5) is 27.1. The fraction of sp³-hybridized carbons (Fsp3) is 0.500. The van der Waals surface area contributed by atoms with Gasteiger partial charge >= 0.3 is 6.03 Å². The van der Waals surface area contributed by atoms with Crippen LogP contribution in [0.2, 0.25) is 0 Å². The summed E-state index contributed by atoms with van der Waals surface area (Å²) in [5.41, 5.74) is -0.255. The van der Waals surface area contributed by atoms with E-state index < -0.39 is 5.54 Å². The number of urea groups is 1. The quantitative estimate of drug-likeness (QED) is 0.848. The Balaban J connectivity index is 1.99. The van der Waals surface area contributed by atoms with Crippen LogP contribution in [0, 0.1) is 5.82 Å². The zero-order valence-corrected chi connectivity index (χ0v) is 13.4. The Labute approximate surface area is 130 Å². The second-order valence-electron chi connectivity index (χ2n) is 6.19. The number of benzene rings is 1.